The Morgan fingerprint density at radius 3 is 2.56 bits per heavy atom. The van der Waals surface area contributed by atoms with E-state index in [0.717, 1.165) is 43.7 Å². The topological polar surface area (TPSA) is 36.1 Å². The minimum Gasteiger partial charge on any atom is -0.358 e. The number of nitrogens with zero attached hydrogens (tertiary/aromatic N) is 1. The zero-order valence-corrected chi connectivity index (χ0v) is 17.4. The number of pyridine rings is 1. The van der Waals surface area contributed by atoms with Gasteiger partial charge in [0.25, 0.3) is 5.56 Å². The summed E-state index contributed by atoms with van der Waals surface area (Å²) in [7, 11) is 0. The molecule has 0 saturated carbocycles. The maximum absolute atomic E-state index is 12.5. The molecular formula is C23H27BrN2O. The second-order valence-corrected chi connectivity index (χ2v) is 9.53. The van der Waals surface area contributed by atoms with Crippen molar-refractivity contribution in [3.8, 4) is 0 Å². The van der Waals surface area contributed by atoms with Crippen molar-refractivity contribution >= 4 is 21.7 Å². The van der Waals surface area contributed by atoms with Crippen LogP contribution >= 0.6 is 15.9 Å². The summed E-state index contributed by atoms with van der Waals surface area (Å²) in [5.74, 6) is 1.04. The van der Waals surface area contributed by atoms with Crippen molar-refractivity contribution in [2.45, 2.75) is 63.2 Å². The lowest BCUT2D eigenvalue weighted by molar-refractivity contribution is 0.286. The zero-order valence-electron chi connectivity index (χ0n) is 15.8. The first-order valence-corrected chi connectivity index (χ1v) is 11.2. The van der Waals surface area contributed by atoms with Gasteiger partial charge in [0.1, 0.15) is 5.82 Å². The van der Waals surface area contributed by atoms with Crippen LogP contribution in [0.5, 0.6) is 0 Å². The van der Waals surface area contributed by atoms with Crippen molar-refractivity contribution in [2.75, 3.05) is 18.0 Å². The second-order valence-electron chi connectivity index (χ2n) is 8.62. The fourth-order valence-electron chi connectivity index (χ4n) is 5.64. The van der Waals surface area contributed by atoms with Crippen LogP contribution in [-0.2, 0) is 24.7 Å². The Morgan fingerprint density at radius 1 is 0.926 bits per heavy atom. The lowest BCUT2D eigenvalue weighted by Gasteiger charge is -2.46. The molecule has 0 amide bonds. The molecule has 1 aliphatic heterocycles. The number of fused-ring (bicyclic) bond motifs is 3. The molecule has 27 heavy (non-hydrogen) atoms. The van der Waals surface area contributed by atoms with E-state index in [1.807, 2.05) is 0 Å². The van der Waals surface area contributed by atoms with E-state index in [-0.39, 0.29) is 5.56 Å². The number of aromatic amines is 1. The van der Waals surface area contributed by atoms with Gasteiger partial charge in [-0.15, -0.1) is 0 Å². The highest BCUT2D eigenvalue weighted by molar-refractivity contribution is 9.10. The number of aryl methyl sites for hydroxylation is 2. The van der Waals surface area contributed by atoms with Gasteiger partial charge in [0.15, 0.2) is 0 Å². The molecule has 0 unspecified atom stereocenters. The number of H-pyrrole nitrogens is 1. The van der Waals surface area contributed by atoms with Crippen LogP contribution in [0.4, 0.5) is 5.82 Å². The van der Waals surface area contributed by atoms with Gasteiger partial charge >= 0.3 is 0 Å². The molecule has 3 nitrogen and oxygen atoms in total. The molecule has 1 aromatic carbocycles. The van der Waals surface area contributed by atoms with Crippen molar-refractivity contribution in [2.24, 2.45) is 0 Å². The number of hydrogen-bond acceptors (Lipinski definition) is 2. The van der Waals surface area contributed by atoms with Gasteiger partial charge in [-0.2, -0.15) is 0 Å². The number of rotatable bonds is 1. The lowest BCUT2D eigenvalue weighted by atomic mass is 9.65. The summed E-state index contributed by atoms with van der Waals surface area (Å²) in [5, 5.41) is 0. The number of piperidine rings is 1. The van der Waals surface area contributed by atoms with Gasteiger partial charge in [-0.1, -0.05) is 22.0 Å². The second kappa shape index (κ2) is 6.80. The molecule has 1 N–H and O–H groups in total. The zero-order chi connectivity index (χ0) is 18.4. The SMILES string of the molecule is O=c1[nH]c(N2CCC3(CCCc4cc(Br)ccc43)CC2)cc2c1CCCC2. The Hall–Kier alpha value is -1.55. The summed E-state index contributed by atoms with van der Waals surface area (Å²) in [6.07, 6.45) is 10.5. The molecule has 3 aliphatic rings. The van der Waals surface area contributed by atoms with Crippen LogP contribution in [-0.4, -0.2) is 18.1 Å². The Balaban J connectivity index is 1.40. The monoisotopic (exact) mass is 426 g/mol. The van der Waals surface area contributed by atoms with E-state index in [4.69, 9.17) is 0 Å². The average molecular weight is 427 g/mol. The highest BCUT2D eigenvalue weighted by Gasteiger charge is 2.39. The Labute approximate surface area is 169 Å². The maximum Gasteiger partial charge on any atom is 0.252 e. The van der Waals surface area contributed by atoms with Crippen molar-refractivity contribution in [3.63, 3.8) is 0 Å². The molecule has 1 saturated heterocycles. The third-order valence-electron chi connectivity index (χ3n) is 7.14. The van der Waals surface area contributed by atoms with Gasteiger partial charge in [0.05, 0.1) is 0 Å². The van der Waals surface area contributed by atoms with Crippen LogP contribution in [0.25, 0.3) is 0 Å². The van der Waals surface area contributed by atoms with Gasteiger partial charge in [0.2, 0.25) is 0 Å². The van der Waals surface area contributed by atoms with E-state index < -0.39 is 0 Å². The summed E-state index contributed by atoms with van der Waals surface area (Å²) < 4.78 is 1.20. The molecular weight excluding hydrogens is 400 g/mol. The molecule has 2 heterocycles. The van der Waals surface area contributed by atoms with Crippen LogP contribution in [0, 0.1) is 0 Å². The molecule has 1 spiro atoms. The Bertz CT molecular complexity index is 924. The quantitative estimate of drug-likeness (QED) is 0.704. The predicted molar refractivity (Wildman–Crippen MR) is 114 cm³/mol. The van der Waals surface area contributed by atoms with Crippen LogP contribution in [0.1, 0.15) is 60.8 Å². The van der Waals surface area contributed by atoms with Gasteiger partial charge in [-0.05, 0) is 98.1 Å². The van der Waals surface area contributed by atoms with Crippen molar-refractivity contribution in [1.82, 2.24) is 4.98 Å². The third-order valence-corrected chi connectivity index (χ3v) is 7.63. The molecule has 5 rings (SSSR count). The molecule has 1 fully saturated rings. The summed E-state index contributed by atoms with van der Waals surface area (Å²) in [6.45, 7) is 2.06. The summed E-state index contributed by atoms with van der Waals surface area (Å²) in [6, 6.07) is 9.15. The highest BCUT2D eigenvalue weighted by atomic mass is 79.9. The van der Waals surface area contributed by atoms with Crippen LogP contribution in [0.15, 0.2) is 33.5 Å². The molecule has 0 atom stereocenters. The minimum absolute atomic E-state index is 0.148. The molecule has 4 heteroatoms. The van der Waals surface area contributed by atoms with Gasteiger partial charge < -0.3 is 9.88 Å². The number of anilines is 1. The molecule has 142 valence electrons. The van der Waals surface area contributed by atoms with Crippen molar-refractivity contribution < 1.29 is 0 Å². The normalized spacial score (nSPS) is 21.0. The minimum atomic E-state index is 0.148. The van der Waals surface area contributed by atoms with E-state index in [9.17, 15) is 4.79 Å². The van der Waals surface area contributed by atoms with E-state index >= 15 is 0 Å². The molecule has 2 aliphatic carbocycles. The summed E-state index contributed by atoms with van der Waals surface area (Å²) >= 11 is 3.64. The fourth-order valence-corrected chi connectivity index (χ4v) is 6.05. The average Bonchev–Trinajstić information content (AvgIpc) is 2.68. The van der Waals surface area contributed by atoms with E-state index in [2.05, 4.69) is 50.1 Å². The van der Waals surface area contributed by atoms with Gasteiger partial charge in [0, 0.05) is 23.1 Å². The smallest absolute Gasteiger partial charge is 0.252 e. The number of benzene rings is 1. The number of nitrogens with one attached hydrogen (secondary N) is 1. The Kier molecular flexibility index (Phi) is 4.42. The van der Waals surface area contributed by atoms with E-state index in [1.54, 1.807) is 5.56 Å². The van der Waals surface area contributed by atoms with Crippen molar-refractivity contribution in [3.05, 3.63) is 61.3 Å². The molecule has 0 radical (unpaired) electrons. The maximum atomic E-state index is 12.5. The molecule has 0 bridgehead atoms. The number of hydrogen-bond donors (Lipinski definition) is 1. The van der Waals surface area contributed by atoms with Crippen LogP contribution < -0.4 is 10.5 Å². The standard InChI is InChI=1S/C23H27BrN2O/c24-18-7-8-20-17(14-18)5-3-9-23(20)10-12-26(13-11-23)21-15-16-4-1-2-6-19(16)22(27)25-21/h7-8,14-15H,1-6,9-13H2,(H,25,27). The first-order valence-electron chi connectivity index (χ1n) is 10.4. The third kappa shape index (κ3) is 3.06. The molecule has 1 aromatic heterocycles. The number of halogens is 1. The number of aromatic nitrogens is 1. The van der Waals surface area contributed by atoms with Crippen molar-refractivity contribution in [1.29, 1.82) is 0 Å². The molecule has 2 aromatic rings. The highest BCUT2D eigenvalue weighted by Crippen LogP contribution is 2.45. The van der Waals surface area contributed by atoms with Gasteiger partial charge in [-0.25, -0.2) is 0 Å². The Morgan fingerprint density at radius 2 is 1.70 bits per heavy atom. The first kappa shape index (κ1) is 17.5. The van der Waals surface area contributed by atoms with Gasteiger partial charge in [-0.3, -0.25) is 4.79 Å². The van der Waals surface area contributed by atoms with E-state index in [1.165, 1.54) is 54.1 Å². The van der Waals surface area contributed by atoms with Crippen LogP contribution in [0.3, 0.4) is 0 Å². The first-order chi connectivity index (χ1) is 13.1. The fraction of sp³-hybridized carbons (Fsp3) is 0.522. The summed E-state index contributed by atoms with van der Waals surface area (Å²) in [5.41, 5.74) is 5.91. The predicted octanol–water partition coefficient (Wildman–Crippen LogP) is 4.89. The largest absolute Gasteiger partial charge is 0.358 e. The van der Waals surface area contributed by atoms with E-state index in [0.29, 0.717) is 5.41 Å². The lowest BCUT2D eigenvalue weighted by Crippen LogP contribution is -2.45. The van der Waals surface area contributed by atoms with Crippen LogP contribution in [0.2, 0.25) is 0 Å². The summed E-state index contributed by atoms with van der Waals surface area (Å²) in [4.78, 5) is 18.1.